The number of hydrogen-bond acceptors (Lipinski definition) is 20. The van der Waals surface area contributed by atoms with Gasteiger partial charge in [0.25, 0.3) is 0 Å². The summed E-state index contributed by atoms with van der Waals surface area (Å²) in [7, 11) is 2.43. The van der Waals surface area contributed by atoms with Crippen LogP contribution in [-0.4, -0.2) is 183 Å². The monoisotopic (exact) mass is 984 g/mol. The van der Waals surface area contributed by atoms with Crippen LogP contribution in [0.25, 0.3) is 0 Å². The van der Waals surface area contributed by atoms with Gasteiger partial charge in [-0.15, -0.1) is 0 Å². The van der Waals surface area contributed by atoms with Crippen molar-refractivity contribution in [3.63, 3.8) is 0 Å². The lowest BCUT2D eigenvalue weighted by atomic mass is 9.33. The third-order valence-corrected chi connectivity index (χ3v) is 19.5. The van der Waals surface area contributed by atoms with E-state index in [-0.39, 0.29) is 35.2 Å². The summed E-state index contributed by atoms with van der Waals surface area (Å²) in [5.41, 5.74) is -2.24. The highest BCUT2D eigenvalue weighted by molar-refractivity contribution is 5.81. The van der Waals surface area contributed by atoms with Crippen LogP contribution in [0.1, 0.15) is 106 Å². The molecule has 69 heavy (non-hydrogen) atoms. The van der Waals surface area contributed by atoms with Crippen LogP contribution in [0.5, 0.6) is 0 Å². The van der Waals surface area contributed by atoms with Gasteiger partial charge in [-0.05, 0) is 111 Å². The third-order valence-electron chi connectivity index (χ3n) is 19.5. The molecule has 0 radical (unpaired) electrons. The normalized spacial score (nSPS) is 51.6. The van der Waals surface area contributed by atoms with E-state index < -0.39 is 138 Å². The molecule has 0 amide bonds. The van der Waals surface area contributed by atoms with Crippen molar-refractivity contribution in [3.8, 4) is 0 Å². The lowest BCUT2D eigenvalue weighted by Crippen LogP contribution is -2.66. The molecule has 0 spiro atoms. The number of fused-ring (bicyclic) bond motifs is 7. The third kappa shape index (κ3) is 8.22. The first kappa shape index (κ1) is 52.9. The van der Waals surface area contributed by atoms with Gasteiger partial charge in [0.1, 0.15) is 61.0 Å². The molecule has 3 aliphatic heterocycles. The van der Waals surface area contributed by atoms with Gasteiger partial charge in [-0.3, -0.25) is 9.59 Å². The number of methoxy groups -OCH3 is 2. The van der Waals surface area contributed by atoms with E-state index in [1.807, 2.05) is 6.92 Å². The number of aliphatic hydroxyl groups is 9. The molecule has 392 valence electrons. The molecule has 9 N–H and O–H groups in total. The van der Waals surface area contributed by atoms with Crippen molar-refractivity contribution < 1.29 is 98.2 Å². The fourth-order valence-electron chi connectivity index (χ4n) is 15.1. The van der Waals surface area contributed by atoms with E-state index in [0.29, 0.717) is 44.9 Å². The second kappa shape index (κ2) is 18.8. The van der Waals surface area contributed by atoms with E-state index in [1.165, 1.54) is 7.11 Å². The molecular weight excluding hydrogens is 909 g/mol. The summed E-state index contributed by atoms with van der Waals surface area (Å²) in [6.07, 6.45) is -15.1. The van der Waals surface area contributed by atoms with Crippen LogP contribution >= 0.6 is 0 Å². The fourth-order valence-corrected chi connectivity index (χ4v) is 15.1. The molecule has 8 rings (SSSR count). The van der Waals surface area contributed by atoms with Gasteiger partial charge >= 0.3 is 17.9 Å². The molecule has 0 aromatic carbocycles. The van der Waals surface area contributed by atoms with Crippen molar-refractivity contribution in [2.24, 2.45) is 50.2 Å². The van der Waals surface area contributed by atoms with E-state index in [4.69, 9.17) is 33.2 Å². The Morgan fingerprint density at radius 2 is 1.35 bits per heavy atom. The predicted octanol–water partition coefficient (Wildman–Crippen LogP) is 0.113. The van der Waals surface area contributed by atoms with E-state index >= 15 is 0 Å². The molecule has 8 aliphatic rings. The summed E-state index contributed by atoms with van der Waals surface area (Å²) in [6.45, 7) is 12.3. The van der Waals surface area contributed by atoms with Gasteiger partial charge in [-0.1, -0.05) is 46.3 Å². The van der Waals surface area contributed by atoms with Crippen LogP contribution in [0.4, 0.5) is 0 Å². The maximum Gasteiger partial charge on any atom is 0.337 e. The van der Waals surface area contributed by atoms with Crippen molar-refractivity contribution in [3.05, 3.63) is 11.6 Å². The van der Waals surface area contributed by atoms with Gasteiger partial charge in [0.2, 0.25) is 6.29 Å². The molecule has 20 heteroatoms. The first-order valence-corrected chi connectivity index (χ1v) is 24.7. The highest BCUT2D eigenvalue weighted by Crippen LogP contribution is 2.76. The molecule has 0 aromatic heterocycles. The van der Waals surface area contributed by atoms with Crippen LogP contribution in [0, 0.1) is 50.2 Å². The quantitative estimate of drug-likeness (QED) is 0.0641. The van der Waals surface area contributed by atoms with E-state index in [0.717, 1.165) is 31.9 Å². The van der Waals surface area contributed by atoms with E-state index in [1.54, 1.807) is 0 Å². The molecule has 7 fully saturated rings. The van der Waals surface area contributed by atoms with Crippen molar-refractivity contribution in [1.29, 1.82) is 0 Å². The van der Waals surface area contributed by atoms with Crippen molar-refractivity contribution in [2.75, 3.05) is 27.4 Å². The summed E-state index contributed by atoms with van der Waals surface area (Å²) in [5, 5.41) is 95.8. The molecule has 0 aromatic rings. The largest absolute Gasteiger partial charge is 0.469 e. The van der Waals surface area contributed by atoms with Crippen LogP contribution < -0.4 is 0 Å². The lowest BCUT2D eigenvalue weighted by Gasteiger charge is -2.71. The van der Waals surface area contributed by atoms with E-state index in [9.17, 15) is 60.3 Å². The molecular formula is C49H76O20. The number of esters is 3. The van der Waals surface area contributed by atoms with Crippen molar-refractivity contribution >= 4 is 17.9 Å². The van der Waals surface area contributed by atoms with Gasteiger partial charge in [0.05, 0.1) is 44.4 Å². The Hall–Kier alpha value is -2.41. The van der Waals surface area contributed by atoms with Gasteiger partial charge in [0, 0.05) is 0 Å². The topological polar surface area (TPSA) is 307 Å². The van der Waals surface area contributed by atoms with Crippen molar-refractivity contribution in [1.82, 2.24) is 0 Å². The second-order valence-electron chi connectivity index (χ2n) is 23.1. The molecule has 4 saturated carbocycles. The Kier molecular flexibility index (Phi) is 14.4. The molecule has 0 bridgehead atoms. The van der Waals surface area contributed by atoms with Gasteiger partial charge in [0.15, 0.2) is 18.7 Å². The summed E-state index contributed by atoms with van der Waals surface area (Å²) in [6, 6.07) is 0. The number of carbonyl (C=O) groups is 3. The number of aliphatic hydroxyl groups excluding tert-OH is 9. The summed E-state index contributed by atoms with van der Waals surface area (Å²) >= 11 is 0. The minimum atomic E-state index is -1.87. The maximum absolute atomic E-state index is 14.8. The van der Waals surface area contributed by atoms with Crippen molar-refractivity contribution in [2.45, 2.75) is 198 Å². The Balaban J connectivity index is 1.02. The van der Waals surface area contributed by atoms with Gasteiger partial charge in [-0.2, -0.15) is 0 Å². The first-order chi connectivity index (χ1) is 32.3. The average Bonchev–Trinajstić information content (AvgIpc) is 3.31. The molecule has 5 aliphatic carbocycles. The zero-order chi connectivity index (χ0) is 50.6. The van der Waals surface area contributed by atoms with Crippen LogP contribution in [0.2, 0.25) is 0 Å². The smallest absolute Gasteiger partial charge is 0.337 e. The molecule has 20 nitrogen and oxygen atoms in total. The highest BCUT2D eigenvalue weighted by atomic mass is 16.7. The number of hydrogen-bond donors (Lipinski definition) is 9. The molecule has 3 heterocycles. The van der Waals surface area contributed by atoms with E-state index in [2.05, 4.69) is 45.4 Å². The number of carbonyl (C=O) groups excluding carboxylic acids is 3. The highest BCUT2D eigenvalue weighted by Gasteiger charge is 2.71. The summed E-state index contributed by atoms with van der Waals surface area (Å²) < 4.78 is 45.5. The standard InChI is InChI=1S/C49H76O20/c1-44(2)26-11-14-48(6)27(46(26,4)13-12-28(44)66-39-35(58)36(24(51)21-64-39)67-41-34(57)31(54)32(55)37(68-41)38(59)62-7)10-9-22-23-19-45(3,42(60)63-8)15-17-49(23,18-16-47(22,48)5)43(61)69-40-33(56)30(53)29(52)25(20-50)65-40/h9,23-37,39-41,50-58H,10-21H2,1-8H3/t23-,24+,25+,26-,27+,28-,29+,30-,31-,32-,33+,34+,35-,36-,37-,39-,40-,41+,45-,46-,47+,48+,49-/m0/s1. The van der Waals surface area contributed by atoms with Crippen LogP contribution in [0.15, 0.2) is 11.6 Å². The first-order valence-electron chi connectivity index (χ1n) is 24.7. The van der Waals surface area contributed by atoms with Crippen LogP contribution in [0.3, 0.4) is 0 Å². The molecule has 23 atom stereocenters. The van der Waals surface area contributed by atoms with Gasteiger partial charge in [-0.25, -0.2) is 4.79 Å². The fraction of sp³-hybridized carbons (Fsp3) is 0.898. The Bertz CT molecular complexity index is 1960. The molecule has 0 unspecified atom stereocenters. The zero-order valence-corrected chi connectivity index (χ0v) is 41.0. The maximum atomic E-state index is 14.8. The lowest BCUT2D eigenvalue weighted by molar-refractivity contribution is -0.353. The predicted molar refractivity (Wildman–Crippen MR) is 235 cm³/mol. The van der Waals surface area contributed by atoms with Gasteiger partial charge < -0.3 is 83.9 Å². The molecule has 3 saturated heterocycles. The summed E-state index contributed by atoms with van der Waals surface area (Å²) in [5.74, 6) is -2.12. The minimum absolute atomic E-state index is 0.140. The number of ether oxygens (including phenoxy) is 8. The Morgan fingerprint density at radius 1 is 0.681 bits per heavy atom. The minimum Gasteiger partial charge on any atom is -0.469 e. The number of rotatable bonds is 9. The SMILES string of the molecule is COC(=O)[C@H]1O[C@@H](O[C@@H]2[C@H](O)[C@H](O[C@H]3CC[C@]4(C)[C@H]5CC=C6[C@@H]7C[C@@](C)(C(=O)OC)CC[C@]7(C(=O)O[C@@H]7O[C@H](CO)[C@@H](O)[C@H](O)[C@H]7O)CC[C@@]6(C)[C@]5(C)CC[C@H]4C3(C)C)OC[C@H]2O)[C@H](O)[C@@H](O)[C@@H]1O. The summed E-state index contributed by atoms with van der Waals surface area (Å²) in [4.78, 5) is 40.6. The number of allylic oxidation sites excluding steroid dienone is 2. The Morgan fingerprint density at radius 3 is 2.01 bits per heavy atom. The van der Waals surface area contributed by atoms with Crippen LogP contribution in [-0.2, 0) is 52.3 Å². The Labute approximate surface area is 402 Å². The second-order valence-corrected chi connectivity index (χ2v) is 23.1. The average molecular weight is 985 g/mol. The zero-order valence-electron chi connectivity index (χ0n) is 41.0.